The zero-order chi connectivity index (χ0) is 9.42. The zero-order valence-electron chi connectivity index (χ0n) is 6.55. The van der Waals surface area contributed by atoms with Gasteiger partial charge in [-0.05, 0) is 33.4 Å². The first kappa shape index (κ1) is 9.49. The maximum absolute atomic E-state index is 9.74. The molecule has 0 radical (unpaired) electrons. The second-order valence-corrected chi connectivity index (χ2v) is 5.01. The molecule has 4 heteroatoms. The first-order valence-corrected chi connectivity index (χ1v) is 6.47. The largest absolute Gasteiger partial charge is 0.506 e. The third-order valence-corrected chi connectivity index (χ3v) is 3.95. The number of aromatic hydroxyl groups is 1. The third-order valence-electron chi connectivity index (χ3n) is 1.92. The van der Waals surface area contributed by atoms with Crippen molar-refractivity contribution in [1.29, 1.82) is 0 Å². The van der Waals surface area contributed by atoms with Crippen LogP contribution in [0.2, 0.25) is 0 Å². The molecule has 0 bridgehead atoms. The number of phenols is 1. The van der Waals surface area contributed by atoms with Gasteiger partial charge in [0.2, 0.25) is 0 Å². The van der Waals surface area contributed by atoms with Crippen LogP contribution < -0.4 is 0 Å². The van der Waals surface area contributed by atoms with E-state index in [9.17, 15) is 5.11 Å². The zero-order valence-corrected chi connectivity index (χ0v) is 10.5. The Balaban J connectivity index is 2.87. The minimum absolute atomic E-state index is 0.336. The van der Waals surface area contributed by atoms with Gasteiger partial charge in [-0.1, -0.05) is 15.9 Å². The van der Waals surface area contributed by atoms with Gasteiger partial charge in [0.25, 0.3) is 0 Å². The van der Waals surface area contributed by atoms with Crippen LogP contribution in [-0.4, -0.2) is 5.11 Å². The van der Waals surface area contributed by atoms with Crippen LogP contribution in [0.15, 0.2) is 22.0 Å². The van der Waals surface area contributed by atoms with Crippen LogP contribution in [0, 0.1) is 0 Å². The van der Waals surface area contributed by atoms with Crippen LogP contribution >= 0.6 is 43.2 Å². The molecule has 0 amide bonds. The lowest BCUT2D eigenvalue weighted by Gasteiger charge is -2.04. The van der Waals surface area contributed by atoms with E-state index in [1.807, 2.05) is 17.5 Å². The normalized spacial score (nSPS) is 10.9. The predicted octanol–water partition coefficient (Wildman–Crippen LogP) is 4.26. The van der Waals surface area contributed by atoms with E-state index >= 15 is 0 Å². The van der Waals surface area contributed by atoms with Crippen molar-refractivity contribution in [2.24, 2.45) is 0 Å². The summed E-state index contributed by atoms with van der Waals surface area (Å²) in [5, 5.41) is 13.6. The number of rotatable bonds is 1. The number of halogens is 2. The van der Waals surface area contributed by atoms with Crippen molar-refractivity contribution < 1.29 is 5.11 Å². The maximum Gasteiger partial charge on any atom is 0.134 e. The molecule has 0 atom stereocenters. The van der Waals surface area contributed by atoms with Gasteiger partial charge in [0.1, 0.15) is 5.75 Å². The molecule has 1 N–H and O–H groups in total. The fraction of sp³-hybridized carbons (Fsp3) is 0.111. The molecule has 1 nitrogen and oxygen atoms in total. The van der Waals surface area contributed by atoms with E-state index in [1.165, 1.54) is 4.70 Å². The molecule has 68 valence electrons. The first-order valence-electron chi connectivity index (χ1n) is 3.67. The van der Waals surface area contributed by atoms with E-state index in [0.29, 0.717) is 11.1 Å². The van der Waals surface area contributed by atoms with Crippen LogP contribution in [0.5, 0.6) is 5.75 Å². The van der Waals surface area contributed by atoms with Crippen molar-refractivity contribution in [2.45, 2.75) is 5.33 Å². The number of benzene rings is 1. The molecular formula is C9H6Br2OS. The van der Waals surface area contributed by atoms with Crippen molar-refractivity contribution >= 4 is 53.3 Å². The Morgan fingerprint density at radius 2 is 2.23 bits per heavy atom. The molecule has 1 aromatic carbocycles. The average molecular weight is 322 g/mol. The highest BCUT2D eigenvalue weighted by molar-refractivity contribution is 9.10. The number of thiophene rings is 1. The van der Waals surface area contributed by atoms with Gasteiger partial charge in [-0.2, -0.15) is 0 Å². The van der Waals surface area contributed by atoms with E-state index in [4.69, 9.17) is 0 Å². The number of hydrogen-bond donors (Lipinski definition) is 1. The third kappa shape index (κ3) is 1.51. The molecule has 0 fully saturated rings. The van der Waals surface area contributed by atoms with Gasteiger partial charge in [0.15, 0.2) is 0 Å². The first-order chi connectivity index (χ1) is 6.24. The van der Waals surface area contributed by atoms with Crippen molar-refractivity contribution in [3.63, 3.8) is 0 Å². The molecule has 1 heterocycles. The van der Waals surface area contributed by atoms with Gasteiger partial charge in [-0.25, -0.2) is 0 Å². The predicted molar refractivity (Wildman–Crippen MR) is 63.8 cm³/mol. The fourth-order valence-corrected chi connectivity index (χ4v) is 3.31. The number of hydrogen-bond acceptors (Lipinski definition) is 2. The summed E-state index contributed by atoms with van der Waals surface area (Å²) in [4.78, 5) is 0. The molecule has 0 unspecified atom stereocenters. The highest BCUT2D eigenvalue weighted by atomic mass is 79.9. The Morgan fingerprint density at radius 3 is 2.92 bits per heavy atom. The topological polar surface area (TPSA) is 20.2 Å². The summed E-state index contributed by atoms with van der Waals surface area (Å²) in [6.07, 6.45) is 0. The summed E-state index contributed by atoms with van der Waals surface area (Å²) >= 11 is 8.38. The number of alkyl halides is 1. The lowest BCUT2D eigenvalue weighted by atomic mass is 10.1. The van der Waals surface area contributed by atoms with Gasteiger partial charge in [-0.3, -0.25) is 0 Å². The van der Waals surface area contributed by atoms with Crippen molar-refractivity contribution in [1.82, 2.24) is 0 Å². The van der Waals surface area contributed by atoms with Crippen molar-refractivity contribution in [2.75, 3.05) is 0 Å². The van der Waals surface area contributed by atoms with Crippen LogP contribution in [-0.2, 0) is 5.33 Å². The second-order valence-electron chi connectivity index (χ2n) is 2.65. The van der Waals surface area contributed by atoms with Crippen LogP contribution in [0.1, 0.15) is 5.56 Å². The van der Waals surface area contributed by atoms with Gasteiger partial charge in [0.05, 0.1) is 4.47 Å². The van der Waals surface area contributed by atoms with Crippen molar-refractivity contribution in [3.8, 4) is 5.75 Å². The Labute approximate surface area is 96.6 Å². The molecular weight excluding hydrogens is 316 g/mol. The fourth-order valence-electron chi connectivity index (χ4n) is 1.27. The smallest absolute Gasteiger partial charge is 0.134 e. The summed E-state index contributed by atoms with van der Waals surface area (Å²) in [6, 6.07) is 3.98. The SMILES string of the molecule is Oc1c(Br)cc2sccc2c1CBr. The minimum Gasteiger partial charge on any atom is -0.506 e. The van der Waals surface area contributed by atoms with E-state index in [0.717, 1.165) is 15.4 Å². The van der Waals surface area contributed by atoms with Crippen LogP contribution in [0.3, 0.4) is 0 Å². The van der Waals surface area contributed by atoms with Gasteiger partial charge in [-0.15, -0.1) is 11.3 Å². The molecule has 0 spiro atoms. The number of fused-ring (bicyclic) bond motifs is 1. The highest BCUT2D eigenvalue weighted by Crippen LogP contribution is 2.38. The molecule has 0 aliphatic carbocycles. The van der Waals surface area contributed by atoms with Gasteiger partial charge in [0, 0.05) is 21.0 Å². The van der Waals surface area contributed by atoms with E-state index in [-0.39, 0.29) is 0 Å². The second kappa shape index (κ2) is 3.59. The lowest BCUT2D eigenvalue weighted by molar-refractivity contribution is 0.468. The lowest BCUT2D eigenvalue weighted by Crippen LogP contribution is -1.81. The monoisotopic (exact) mass is 320 g/mol. The highest BCUT2D eigenvalue weighted by Gasteiger charge is 2.10. The molecule has 0 aliphatic heterocycles. The van der Waals surface area contributed by atoms with Crippen LogP contribution in [0.4, 0.5) is 0 Å². The molecule has 13 heavy (non-hydrogen) atoms. The minimum atomic E-state index is 0.336. The van der Waals surface area contributed by atoms with E-state index in [2.05, 4.69) is 31.9 Å². The average Bonchev–Trinajstić information content (AvgIpc) is 2.54. The van der Waals surface area contributed by atoms with Gasteiger partial charge < -0.3 is 5.11 Å². The Morgan fingerprint density at radius 1 is 1.46 bits per heavy atom. The van der Waals surface area contributed by atoms with Crippen LogP contribution in [0.25, 0.3) is 10.1 Å². The Bertz CT molecular complexity index is 450. The van der Waals surface area contributed by atoms with E-state index < -0.39 is 0 Å². The summed E-state index contributed by atoms with van der Waals surface area (Å²) in [7, 11) is 0. The summed E-state index contributed by atoms with van der Waals surface area (Å²) in [6.45, 7) is 0. The molecule has 0 aliphatic rings. The molecule has 0 saturated carbocycles. The molecule has 2 aromatic rings. The summed E-state index contributed by atoms with van der Waals surface area (Å²) in [5.74, 6) is 0.336. The van der Waals surface area contributed by atoms with Gasteiger partial charge >= 0.3 is 0 Å². The standard InChI is InChI=1S/C9H6Br2OS/c10-4-6-5-1-2-13-8(5)3-7(11)9(6)12/h1-3,12H,4H2. The molecule has 2 rings (SSSR count). The summed E-state index contributed by atoms with van der Waals surface area (Å²) < 4.78 is 1.95. The maximum atomic E-state index is 9.74. The van der Waals surface area contributed by atoms with E-state index in [1.54, 1.807) is 11.3 Å². The quantitative estimate of drug-likeness (QED) is 0.778. The number of phenolic OH excluding ortho intramolecular Hbond substituents is 1. The Hall–Kier alpha value is -0.0600. The molecule has 1 aromatic heterocycles. The van der Waals surface area contributed by atoms with Crippen molar-refractivity contribution in [3.05, 3.63) is 27.5 Å². The Kier molecular flexibility index (Phi) is 2.62. The molecule has 0 saturated heterocycles. The summed E-state index contributed by atoms with van der Waals surface area (Å²) in [5.41, 5.74) is 0.950.